The average Bonchev–Trinajstić information content (AvgIpc) is 3.62. The molecule has 0 unspecified atom stereocenters. The molecule has 1 saturated carbocycles. The third-order valence-electron chi connectivity index (χ3n) is 8.07. The van der Waals surface area contributed by atoms with Crippen LogP contribution < -0.4 is 20.3 Å². The van der Waals surface area contributed by atoms with E-state index >= 15 is 0 Å². The lowest BCUT2D eigenvalue weighted by Crippen LogP contribution is -2.36. The summed E-state index contributed by atoms with van der Waals surface area (Å²) in [5.41, 5.74) is 5.72. The van der Waals surface area contributed by atoms with Crippen LogP contribution in [-0.2, 0) is 7.05 Å². The van der Waals surface area contributed by atoms with Gasteiger partial charge in [-0.25, -0.2) is 4.68 Å². The molecule has 4 heterocycles. The Bertz CT molecular complexity index is 1470. The minimum Gasteiger partial charge on any atom is -0.477 e. The van der Waals surface area contributed by atoms with Crippen LogP contribution in [-0.4, -0.2) is 71.4 Å². The minimum atomic E-state index is -0.306. The van der Waals surface area contributed by atoms with Crippen LogP contribution in [0.3, 0.4) is 0 Å². The summed E-state index contributed by atoms with van der Waals surface area (Å²) in [4.78, 5) is 27.4. The molecule has 10 heteroatoms. The summed E-state index contributed by atoms with van der Waals surface area (Å²) in [6.45, 7) is 6.40. The van der Waals surface area contributed by atoms with Crippen molar-refractivity contribution in [2.75, 3.05) is 49.3 Å². The number of rotatable bonds is 5. The number of carbonyl (C=O) groups excluding carboxylic acids is 1. The third-order valence-corrected chi connectivity index (χ3v) is 8.07. The largest absolute Gasteiger partial charge is 0.477 e. The van der Waals surface area contributed by atoms with E-state index in [0.29, 0.717) is 47.6 Å². The second-order valence-corrected chi connectivity index (χ2v) is 12.0. The number of hydrogen-bond acceptors (Lipinski definition) is 8. The first kappa shape index (κ1) is 27.3. The zero-order valence-corrected chi connectivity index (χ0v) is 24.6. The number of benzene rings is 1. The van der Waals surface area contributed by atoms with Crippen LogP contribution in [0.25, 0.3) is 11.3 Å². The zero-order valence-electron chi connectivity index (χ0n) is 24.6. The van der Waals surface area contributed by atoms with Crippen molar-refractivity contribution in [3.05, 3.63) is 47.8 Å². The maximum absolute atomic E-state index is 13.7. The third kappa shape index (κ3) is 5.93. The Morgan fingerprint density at radius 3 is 2.78 bits per heavy atom. The summed E-state index contributed by atoms with van der Waals surface area (Å²) < 4.78 is 8.00. The highest BCUT2D eigenvalue weighted by Gasteiger charge is 2.36. The van der Waals surface area contributed by atoms with Crippen molar-refractivity contribution < 1.29 is 9.53 Å². The van der Waals surface area contributed by atoms with E-state index in [1.807, 2.05) is 14.0 Å². The lowest BCUT2D eigenvalue weighted by molar-refractivity contribution is 0.100. The number of likely N-dealkylation sites (N-methyl/N-ethyl adjacent to an activating group) is 1. The van der Waals surface area contributed by atoms with E-state index in [-0.39, 0.29) is 5.91 Å². The van der Waals surface area contributed by atoms with Crippen molar-refractivity contribution >= 4 is 28.9 Å². The van der Waals surface area contributed by atoms with Gasteiger partial charge in [-0.05, 0) is 95.8 Å². The quantitative estimate of drug-likeness (QED) is 0.463. The molecule has 0 saturated heterocycles. The number of aliphatic imine (C=N–C) groups is 1. The molecule has 0 radical (unpaired) electrons. The van der Waals surface area contributed by atoms with Gasteiger partial charge in [-0.15, -0.1) is 0 Å². The molecule has 3 aromatic rings. The van der Waals surface area contributed by atoms with E-state index in [1.165, 1.54) is 12.8 Å². The normalized spacial score (nSPS) is 20.9. The van der Waals surface area contributed by atoms with Gasteiger partial charge in [0.05, 0.1) is 35.4 Å². The maximum Gasteiger partial charge on any atom is 0.280 e. The number of nitrogens with zero attached hydrogens (tertiary/aromatic N) is 6. The second kappa shape index (κ2) is 11.2. The minimum absolute atomic E-state index is 0.291. The molecular weight excluding hydrogens is 516 g/mol. The van der Waals surface area contributed by atoms with Crippen molar-refractivity contribution in [3.63, 3.8) is 0 Å². The summed E-state index contributed by atoms with van der Waals surface area (Å²) in [5.74, 6) is 2.11. The molecule has 41 heavy (non-hydrogen) atoms. The highest BCUT2D eigenvalue weighted by molar-refractivity contribution is 6.19. The van der Waals surface area contributed by atoms with Crippen LogP contribution >= 0.6 is 0 Å². The predicted octanol–water partition coefficient (Wildman–Crippen LogP) is 4.78. The molecule has 1 fully saturated rings. The Kier molecular flexibility index (Phi) is 7.42. The predicted molar refractivity (Wildman–Crippen MR) is 163 cm³/mol. The van der Waals surface area contributed by atoms with Crippen molar-refractivity contribution in [3.8, 4) is 17.1 Å². The van der Waals surface area contributed by atoms with Gasteiger partial charge in [0.15, 0.2) is 0 Å². The fraction of sp³-hybridized carbons (Fsp3) is 0.484. The van der Waals surface area contributed by atoms with Crippen molar-refractivity contribution in [1.82, 2.24) is 19.7 Å². The maximum atomic E-state index is 13.7. The highest BCUT2D eigenvalue weighted by atomic mass is 16.5. The Labute approximate surface area is 241 Å². The fourth-order valence-corrected chi connectivity index (χ4v) is 6.07. The number of carbonyl (C=O) groups is 1. The van der Waals surface area contributed by atoms with Gasteiger partial charge >= 0.3 is 0 Å². The van der Waals surface area contributed by atoms with Gasteiger partial charge in [0.2, 0.25) is 11.8 Å². The number of amides is 1. The Morgan fingerprint density at radius 2 is 2.00 bits per heavy atom. The van der Waals surface area contributed by atoms with E-state index < -0.39 is 0 Å². The van der Waals surface area contributed by atoms with Crippen molar-refractivity contribution in [2.45, 2.75) is 45.6 Å². The molecule has 1 aliphatic carbocycles. The van der Waals surface area contributed by atoms with Gasteiger partial charge in [0.25, 0.3) is 5.91 Å². The fourth-order valence-electron chi connectivity index (χ4n) is 6.07. The molecule has 216 valence electrons. The number of guanidine groups is 1. The molecule has 2 bridgehead atoms. The van der Waals surface area contributed by atoms with Gasteiger partial charge in [0.1, 0.15) is 0 Å². The second-order valence-electron chi connectivity index (χ2n) is 12.0. The lowest BCUT2D eigenvalue weighted by Gasteiger charge is -2.26. The number of aryl methyl sites for hydroxylation is 2. The zero-order chi connectivity index (χ0) is 28.7. The molecule has 1 amide bonds. The summed E-state index contributed by atoms with van der Waals surface area (Å²) in [5, 5.41) is 11.5. The average molecular weight is 557 g/mol. The number of hydrogen-bond donors (Lipinski definition) is 2. The van der Waals surface area contributed by atoms with E-state index in [4.69, 9.17) is 9.72 Å². The molecule has 3 aliphatic rings. The van der Waals surface area contributed by atoms with Crippen LogP contribution in [0.4, 0.5) is 17.1 Å². The Balaban J connectivity index is 1.37. The first-order chi connectivity index (χ1) is 19.7. The SMILES string of the molecule is Cc1cc2cc(n1)-c1cnn(C)c1OCCC[C@@H](C1CC1)CN1/C(=N/C2=O)Nc2cc(N[C@@H](C)CN(C)C)ccc21. The van der Waals surface area contributed by atoms with Crippen molar-refractivity contribution in [2.24, 2.45) is 23.9 Å². The number of aromatic nitrogens is 3. The molecule has 2 aliphatic heterocycles. The molecule has 2 atom stereocenters. The van der Waals surface area contributed by atoms with Gasteiger partial charge in [-0.2, -0.15) is 10.1 Å². The molecular formula is C31H40N8O2. The standard InChI is InChI=1S/C31H40N8O2/c1-19-13-23-14-26(34-19)25-16-32-38(5)30(25)41-12-6-7-22(21-8-9-21)18-39-28-11-10-24(33-20(2)17-37(3)4)15-27(28)35-31(39)36-29(23)40/h10-11,13-16,20-22,33H,6-9,12,17-18H2,1-5H3,(H,35,36,40)/t20-,22+/m0/s1. The number of nitrogens with one attached hydrogen (secondary N) is 2. The molecule has 1 aromatic carbocycles. The van der Waals surface area contributed by atoms with Gasteiger partial charge in [-0.1, -0.05) is 0 Å². The Hall–Kier alpha value is -3.92. The number of ether oxygens (including phenoxy) is 1. The number of pyridine rings is 1. The summed E-state index contributed by atoms with van der Waals surface area (Å²) in [6, 6.07) is 10.3. The summed E-state index contributed by atoms with van der Waals surface area (Å²) >= 11 is 0. The van der Waals surface area contributed by atoms with Crippen molar-refractivity contribution in [1.29, 1.82) is 0 Å². The molecule has 2 N–H and O–H groups in total. The van der Waals surface area contributed by atoms with E-state index in [0.717, 1.165) is 54.3 Å². The van der Waals surface area contributed by atoms with Crippen LogP contribution in [0.2, 0.25) is 0 Å². The Morgan fingerprint density at radius 1 is 1.17 bits per heavy atom. The van der Waals surface area contributed by atoms with Crippen LogP contribution in [0, 0.1) is 18.8 Å². The summed E-state index contributed by atoms with van der Waals surface area (Å²) in [6.07, 6.45) is 6.23. The monoisotopic (exact) mass is 556 g/mol. The smallest absolute Gasteiger partial charge is 0.280 e. The topological polar surface area (TPSA) is 99.9 Å². The summed E-state index contributed by atoms with van der Waals surface area (Å²) in [7, 11) is 6.03. The number of anilines is 3. The molecule has 6 rings (SSSR count). The first-order valence-electron chi connectivity index (χ1n) is 14.6. The van der Waals surface area contributed by atoms with E-state index in [2.05, 4.69) is 69.7 Å². The van der Waals surface area contributed by atoms with Crippen LogP contribution in [0.15, 0.2) is 41.5 Å². The van der Waals surface area contributed by atoms with Gasteiger partial charge < -0.3 is 25.2 Å². The van der Waals surface area contributed by atoms with Gasteiger partial charge in [0, 0.05) is 43.1 Å². The van der Waals surface area contributed by atoms with Crippen LogP contribution in [0.5, 0.6) is 5.88 Å². The van der Waals surface area contributed by atoms with E-state index in [1.54, 1.807) is 23.0 Å². The lowest BCUT2D eigenvalue weighted by atomic mass is 9.97. The molecule has 0 spiro atoms. The van der Waals surface area contributed by atoms with Crippen LogP contribution in [0.1, 0.15) is 48.7 Å². The van der Waals surface area contributed by atoms with Gasteiger partial charge in [-0.3, -0.25) is 9.78 Å². The molecule has 2 aromatic heterocycles. The number of fused-ring (bicyclic) bond motifs is 7. The first-order valence-corrected chi connectivity index (χ1v) is 14.6. The molecule has 10 nitrogen and oxygen atoms in total. The highest BCUT2D eigenvalue weighted by Crippen LogP contribution is 2.43. The van der Waals surface area contributed by atoms with E-state index in [9.17, 15) is 4.79 Å².